The molecule has 0 radical (unpaired) electrons. The van der Waals surface area contributed by atoms with E-state index in [1.165, 1.54) is 0 Å². The maximum absolute atomic E-state index is 12.8. The third-order valence-corrected chi connectivity index (χ3v) is 5.53. The number of ether oxygens (including phenoxy) is 1. The molecule has 30 heavy (non-hydrogen) atoms. The number of carbonyl (C=O) groups excluding carboxylic acids is 2. The van der Waals surface area contributed by atoms with Gasteiger partial charge in [0.25, 0.3) is 5.91 Å². The van der Waals surface area contributed by atoms with E-state index in [0.717, 1.165) is 11.1 Å². The third-order valence-electron chi connectivity index (χ3n) is 5.28. The Bertz CT molecular complexity index is 905. The van der Waals surface area contributed by atoms with Crippen molar-refractivity contribution < 1.29 is 14.3 Å². The average Bonchev–Trinajstić information content (AvgIpc) is 2.68. The van der Waals surface area contributed by atoms with Gasteiger partial charge in [-0.1, -0.05) is 35.9 Å². The molecule has 1 N–H and O–H groups in total. The van der Waals surface area contributed by atoms with Crippen LogP contribution < -0.4 is 5.32 Å². The van der Waals surface area contributed by atoms with Crippen molar-refractivity contribution in [2.45, 2.75) is 51.7 Å². The zero-order valence-corrected chi connectivity index (χ0v) is 18.7. The van der Waals surface area contributed by atoms with Gasteiger partial charge in [0, 0.05) is 35.6 Å². The summed E-state index contributed by atoms with van der Waals surface area (Å²) in [4.78, 5) is 27.2. The highest BCUT2D eigenvalue weighted by atomic mass is 35.5. The van der Waals surface area contributed by atoms with Crippen LogP contribution in [-0.2, 0) is 4.74 Å². The minimum absolute atomic E-state index is 0.0243. The fourth-order valence-electron chi connectivity index (χ4n) is 3.79. The fourth-order valence-corrected chi connectivity index (χ4v) is 3.91. The van der Waals surface area contributed by atoms with Crippen LogP contribution in [0.15, 0.2) is 48.5 Å². The second-order valence-electron chi connectivity index (χ2n) is 8.76. The molecule has 1 aliphatic heterocycles. The number of halogens is 1. The fraction of sp³-hybridized carbons (Fsp3) is 0.417. The van der Waals surface area contributed by atoms with Gasteiger partial charge in [-0.25, -0.2) is 4.79 Å². The van der Waals surface area contributed by atoms with Gasteiger partial charge in [0.1, 0.15) is 5.60 Å². The molecule has 6 heteroatoms. The smallest absolute Gasteiger partial charge is 0.410 e. The summed E-state index contributed by atoms with van der Waals surface area (Å²) in [5.74, 6) is -0.162. The number of rotatable bonds is 3. The van der Waals surface area contributed by atoms with Crippen molar-refractivity contribution in [1.82, 2.24) is 10.2 Å². The van der Waals surface area contributed by atoms with Gasteiger partial charge >= 0.3 is 6.09 Å². The Kier molecular flexibility index (Phi) is 6.71. The molecule has 0 saturated carbocycles. The summed E-state index contributed by atoms with van der Waals surface area (Å²) in [7, 11) is 0. The minimum Gasteiger partial charge on any atom is -0.444 e. The molecule has 2 atom stereocenters. The molecule has 1 saturated heterocycles. The van der Waals surface area contributed by atoms with Gasteiger partial charge in [0.05, 0.1) is 0 Å². The molecule has 2 amide bonds. The van der Waals surface area contributed by atoms with Crippen LogP contribution >= 0.6 is 11.6 Å². The van der Waals surface area contributed by atoms with Gasteiger partial charge in [0.2, 0.25) is 0 Å². The van der Waals surface area contributed by atoms with Crippen LogP contribution in [0.5, 0.6) is 0 Å². The first-order chi connectivity index (χ1) is 14.1. The number of amides is 2. The SMILES string of the molecule is Cc1ccccc1[C@@H]1CN(C(=O)OC(C)(C)C)CC[C@H]1NC(=O)c1ccc(Cl)cc1. The summed E-state index contributed by atoms with van der Waals surface area (Å²) < 4.78 is 5.58. The number of hydrogen-bond acceptors (Lipinski definition) is 3. The highest BCUT2D eigenvalue weighted by Crippen LogP contribution is 2.30. The first-order valence-corrected chi connectivity index (χ1v) is 10.6. The maximum atomic E-state index is 12.8. The lowest BCUT2D eigenvalue weighted by Gasteiger charge is -2.40. The van der Waals surface area contributed by atoms with Crippen LogP contribution in [0.4, 0.5) is 4.79 Å². The Morgan fingerprint density at radius 2 is 1.77 bits per heavy atom. The van der Waals surface area contributed by atoms with E-state index in [1.807, 2.05) is 32.9 Å². The lowest BCUT2D eigenvalue weighted by molar-refractivity contribution is 0.0177. The molecule has 1 aliphatic rings. The van der Waals surface area contributed by atoms with Crippen LogP contribution in [0.3, 0.4) is 0 Å². The van der Waals surface area contributed by atoms with Gasteiger partial charge in [-0.2, -0.15) is 0 Å². The summed E-state index contributed by atoms with van der Waals surface area (Å²) in [6.07, 6.45) is 0.334. The number of benzene rings is 2. The Morgan fingerprint density at radius 3 is 2.40 bits per heavy atom. The highest BCUT2D eigenvalue weighted by Gasteiger charge is 2.35. The second-order valence-corrected chi connectivity index (χ2v) is 9.20. The van der Waals surface area contributed by atoms with E-state index in [4.69, 9.17) is 16.3 Å². The predicted molar refractivity (Wildman–Crippen MR) is 119 cm³/mol. The molecule has 0 aromatic heterocycles. The first-order valence-electron chi connectivity index (χ1n) is 10.2. The number of nitrogens with one attached hydrogen (secondary N) is 1. The van der Waals surface area contributed by atoms with E-state index in [0.29, 0.717) is 30.1 Å². The van der Waals surface area contributed by atoms with Gasteiger partial charge in [-0.05, 0) is 69.5 Å². The van der Waals surface area contributed by atoms with E-state index >= 15 is 0 Å². The van der Waals surface area contributed by atoms with Crippen molar-refractivity contribution in [3.05, 3.63) is 70.2 Å². The van der Waals surface area contributed by atoms with Gasteiger partial charge in [0.15, 0.2) is 0 Å². The topological polar surface area (TPSA) is 58.6 Å². The van der Waals surface area contributed by atoms with Gasteiger partial charge < -0.3 is 15.0 Å². The summed E-state index contributed by atoms with van der Waals surface area (Å²) in [6, 6.07) is 14.9. The number of nitrogens with zero attached hydrogens (tertiary/aromatic N) is 1. The zero-order valence-electron chi connectivity index (χ0n) is 17.9. The van der Waals surface area contributed by atoms with Crippen molar-refractivity contribution in [2.75, 3.05) is 13.1 Å². The maximum Gasteiger partial charge on any atom is 0.410 e. The molecule has 3 rings (SSSR count). The number of likely N-dealkylation sites (tertiary alicyclic amines) is 1. The molecule has 1 heterocycles. The lowest BCUT2D eigenvalue weighted by atomic mass is 9.83. The molecule has 0 unspecified atom stereocenters. The molecule has 2 aromatic carbocycles. The molecule has 5 nitrogen and oxygen atoms in total. The summed E-state index contributed by atoms with van der Waals surface area (Å²) in [6.45, 7) is 8.67. The number of piperidine rings is 1. The summed E-state index contributed by atoms with van der Waals surface area (Å²) in [5.41, 5.74) is 2.29. The van der Waals surface area contributed by atoms with E-state index in [1.54, 1.807) is 29.2 Å². The van der Waals surface area contributed by atoms with Crippen LogP contribution in [0, 0.1) is 6.92 Å². The van der Waals surface area contributed by atoms with E-state index in [9.17, 15) is 9.59 Å². The number of hydrogen-bond donors (Lipinski definition) is 1. The Labute approximate surface area is 183 Å². The van der Waals surface area contributed by atoms with Crippen LogP contribution in [0.25, 0.3) is 0 Å². The van der Waals surface area contributed by atoms with Crippen molar-refractivity contribution in [3.8, 4) is 0 Å². The van der Waals surface area contributed by atoms with Crippen LogP contribution in [0.1, 0.15) is 54.6 Å². The Balaban J connectivity index is 1.81. The van der Waals surface area contributed by atoms with Crippen molar-refractivity contribution in [3.63, 3.8) is 0 Å². The van der Waals surface area contributed by atoms with Crippen molar-refractivity contribution >= 4 is 23.6 Å². The van der Waals surface area contributed by atoms with Crippen molar-refractivity contribution in [2.24, 2.45) is 0 Å². The van der Waals surface area contributed by atoms with Crippen molar-refractivity contribution in [1.29, 1.82) is 0 Å². The quantitative estimate of drug-likeness (QED) is 0.733. The molecule has 0 aliphatic carbocycles. The summed E-state index contributed by atoms with van der Waals surface area (Å²) >= 11 is 5.94. The standard InChI is InChI=1S/C24H29ClN2O3/c1-16-7-5-6-8-19(16)20-15-27(23(29)30-24(2,3)4)14-13-21(20)26-22(28)17-9-11-18(25)12-10-17/h5-12,20-21H,13-15H2,1-4H3,(H,26,28)/t20-,21+/m0/s1. The average molecular weight is 429 g/mol. The highest BCUT2D eigenvalue weighted by molar-refractivity contribution is 6.30. The first kappa shape index (κ1) is 22.2. The Morgan fingerprint density at radius 1 is 1.10 bits per heavy atom. The zero-order chi connectivity index (χ0) is 21.9. The molecule has 0 spiro atoms. The normalized spacial score (nSPS) is 19.3. The third kappa shape index (κ3) is 5.54. The molecule has 0 bridgehead atoms. The lowest BCUT2D eigenvalue weighted by Crippen LogP contribution is -2.52. The molecule has 2 aromatic rings. The molecular weight excluding hydrogens is 400 g/mol. The number of carbonyl (C=O) groups is 2. The van der Waals surface area contributed by atoms with Crippen LogP contribution in [0.2, 0.25) is 5.02 Å². The molecule has 160 valence electrons. The van der Waals surface area contributed by atoms with E-state index in [-0.39, 0.29) is 24.0 Å². The number of aryl methyl sites for hydroxylation is 1. The Hall–Kier alpha value is -2.53. The molecular formula is C24H29ClN2O3. The van der Waals surface area contributed by atoms with Gasteiger partial charge in [-0.15, -0.1) is 0 Å². The predicted octanol–water partition coefficient (Wildman–Crippen LogP) is 5.17. The minimum atomic E-state index is -0.547. The molecule has 1 fully saturated rings. The van der Waals surface area contributed by atoms with E-state index in [2.05, 4.69) is 24.4 Å². The summed E-state index contributed by atoms with van der Waals surface area (Å²) in [5, 5.41) is 3.77. The second kappa shape index (κ2) is 9.09. The largest absolute Gasteiger partial charge is 0.444 e. The van der Waals surface area contributed by atoms with Gasteiger partial charge in [-0.3, -0.25) is 4.79 Å². The monoisotopic (exact) mass is 428 g/mol. The van der Waals surface area contributed by atoms with Crippen LogP contribution in [-0.4, -0.2) is 41.6 Å². The van der Waals surface area contributed by atoms with E-state index < -0.39 is 5.60 Å².